The number of carbonyl (C=O) groups is 1. The Hall–Kier alpha value is -2.30. The molecule has 4 rings (SSSR count). The van der Waals surface area contributed by atoms with Crippen LogP contribution in [0.5, 0.6) is 5.75 Å². The van der Waals surface area contributed by atoms with Crippen LogP contribution in [0.4, 0.5) is 0 Å². The summed E-state index contributed by atoms with van der Waals surface area (Å²) < 4.78 is 6.09. The number of amides is 1. The lowest BCUT2D eigenvalue weighted by molar-refractivity contribution is 0.0939. The number of aryl methyl sites for hydroxylation is 1. The summed E-state index contributed by atoms with van der Waals surface area (Å²) in [5.41, 5.74) is 2.69. The molecule has 0 unspecified atom stereocenters. The lowest BCUT2D eigenvalue weighted by atomic mass is 9.88. The molecule has 2 aliphatic rings. The fourth-order valence-corrected chi connectivity index (χ4v) is 3.36. The zero-order valence-electron chi connectivity index (χ0n) is 13.5. The number of benzene rings is 1. The highest BCUT2D eigenvalue weighted by Gasteiger charge is 2.32. The molecule has 2 aromatic rings. The van der Waals surface area contributed by atoms with Crippen LogP contribution >= 0.6 is 0 Å². The first-order valence-electron chi connectivity index (χ1n) is 8.13. The molecular formula is C18H21N3O2. The molecular weight excluding hydrogens is 290 g/mol. The monoisotopic (exact) mass is 311 g/mol. The van der Waals surface area contributed by atoms with Crippen LogP contribution in [0.1, 0.15) is 53.9 Å². The Bertz CT molecular complexity index is 763. The first kappa shape index (κ1) is 14.3. The van der Waals surface area contributed by atoms with E-state index in [0.29, 0.717) is 12.2 Å². The number of imidazole rings is 1. The van der Waals surface area contributed by atoms with Gasteiger partial charge in [-0.15, -0.1) is 0 Å². The number of aromatic amines is 1. The molecule has 120 valence electrons. The Morgan fingerprint density at radius 1 is 1.30 bits per heavy atom. The predicted octanol–water partition coefficient (Wildman–Crippen LogP) is 2.79. The highest BCUT2D eigenvalue weighted by Crippen LogP contribution is 2.34. The second-order valence-electron chi connectivity index (χ2n) is 7.23. The van der Waals surface area contributed by atoms with Crippen molar-refractivity contribution in [1.82, 2.24) is 15.3 Å². The predicted molar refractivity (Wildman–Crippen MR) is 86.5 cm³/mol. The molecule has 1 atom stereocenters. The number of nitrogens with zero attached hydrogens (tertiary/aromatic N) is 1. The molecule has 2 N–H and O–H groups in total. The Labute approximate surface area is 135 Å². The van der Waals surface area contributed by atoms with Crippen molar-refractivity contribution in [1.29, 1.82) is 0 Å². The van der Waals surface area contributed by atoms with Crippen LogP contribution in [0, 0.1) is 5.41 Å². The van der Waals surface area contributed by atoms with E-state index in [1.54, 1.807) is 0 Å². The smallest absolute Gasteiger partial charge is 0.271 e. The first-order chi connectivity index (χ1) is 11.0. The molecule has 1 aromatic heterocycles. The van der Waals surface area contributed by atoms with E-state index in [0.717, 1.165) is 36.5 Å². The number of fused-ring (bicyclic) bond motifs is 2. The summed E-state index contributed by atoms with van der Waals surface area (Å²) in [5.74, 6) is 1.58. The second-order valence-corrected chi connectivity index (χ2v) is 7.23. The minimum atomic E-state index is -0.118. The Balaban J connectivity index is 1.65. The van der Waals surface area contributed by atoms with Crippen LogP contribution in [-0.4, -0.2) is 22.4 Å². The Morgan fingerprint density at radius 2 is 2.13 bits per heavy atom. The Morgan fingerprint density at radius 3 is 3.00 bits per heavy atom. The van der Waals surface area contributed by atoms with Crippen molar-refractivity contribution >= 4 is 5.91 Å². The molecule has 0 radical (unpaired) electrons. The maximum atomic E-state index is 12.3. The lowest BCUT2D eigenvalue weighted by Crippen LogP contribution is -2.32. The molecule has 0 saturated heterocycles. The number of hydrogen-bond donors (Lipinski definition) is 2. The summed E-state index contributed by atoms with van der Waals surface area (Å²) in [4.78, 5) is 20.2. The number of H-pyrrole nitrogens is 1. The highest BCUT2D eigenvalue weighted by molar-refractivity contribution is 5.94. The number of rotatable bonds is 1. The largest absolute Gasteiger partial charge is 0.482 e. The molecule has 0 spiro atoms. The van der Waals surface area contributed by atoms with Gasteiger partial charge in [-0.2, -0.15) is 0 Å². The van der Waals surface area contributed by atoms with Crippen LogP contribution < -0.4 is 10.1 Å². The Kier molecular flexibility index (Phi) is 3.18. The van der Waals surface area contributed by atoms with E-state index < -0.39 is 0 Å². The van der Waals surface area contributed by atoms with Gasteiger partial charge < -0.3 is 15.0 Å². The zero-order chi connectivity index (χ0) is 16.0. The molecule has 1 amide bonds. The van der Waals surface area contributed by atoms with E-state index in [4.69, 9.17) is 4.74 Å². The molecule has 2 aliphatic heterocycles. The summed E-state index contributed by atoms with van der Waals surface area (Å²) in [7, 11) is 0. The quantitative estimate of drug-likeness (QED) is 0.851. The standard InChI is InChI=1S/C18H21N3O2/c1-18(2)9-12-15(17(22)19-10-18)21-16(20-12)14-8-7-11-5-3-4-6-13(11)23-14/h3-6,14H,7-10H2,1-2H3,(H,19,22)(H,20,21)/t14-/m1/s1. The third-order valence-electron chi connectivity index (χ3n) is 4.62. The molecule has 5 heteroatoms. The van der Waals surface area contributed by atoms with Gasteiger partial charge in [0.05, 0.1) is 0 Å². The van der Waals surface area contributed by atoms with Crippen LogP contribution in [0.25, 0.3) is 0 Å². The van der Waals surface area contributed by atoms with E-state index in [9.17, 15) is 4.79 Å². The molecule has 23 heavy (non-hydrogen) atoms. The number of para-hydroxylation sites is 1. The summed E-state index contributed by atoms with van der Waals surface area (Å²) in [6, 6.07) is 8.10. The molecule has 5 nitrogen and oxygen atoms in total. The van der Waals surface area contributed by atoms with E-state index in [1.807, 2.05) is 18.2 Å². The van der Waals surface area contributed by atoms with Crippen molar-refractivity contribution in [2.45, 2.75) is 39.2 Å². The van der Waals surface area contributed by atoms with Gasteiger partial charge in [0.1, 0.15) is 17.3 Å². The molecule has 0 fully saturated rings. The van der Waals surface area contributed by atoms with E-state index in [-0.39, 0.29) is 17.4 Å². The van der Waals surface area contributed by atoms with Gasteiger partial charge in [0.25, 0.3) is 5.91 Å². The van der Waals surface area contributed by atoms with Crippen molar-refractivity contribution in [2.24, 2.45) is 5.41 Å². The van der Waals surface area contributed by atoms with Crippen LogP contribution in [0.15, 0.2) is 24.3 Å². The van der Waals surface area contributed by atoms with Crippen LogP contribution in [0.2, 0.25) is 0 Å². The van der Waals surface area contributed by atoms with Crippen LogP contribution in [-0.2, 0) is 12.8 Å². The summed E-state index contributed by atoms with van der Waals surface area (Å²) in [6.07, 6.45) is 2.52. The van der Waals surface area contributed by atoms with Gasteiger partial charge >= 0.3 is 0 Å². The maximum absolute atomic E-state index is 12.3. The molecule has 0 saturated carbocycles. The maximum Gasteiger partial charge on any atom is 0.271 e. The summed E-state index contributed by atoms with van der Waals surface area (Å²) in [5, 5.41) is 2.96. The zero-order valence-corrected chi connectivity index (χ0v) is 13.5. The molecule has 0 aliphatic carbocycles. The van der Waals surface area contributed by atoms with Gasteiger partial charge in [0.2, 0.25) is 0 Å². The number of hydrogen-bond acceptors (Lipinski definition) is 3. The average molecular weight is 311 g/mol. The van der Waals surface area contributed by atoms with E-state index >= 15 is 0 Å². The van der Waals surface area contributed by atoms with Crippen molar-refractivity contribution in [3.8, 4) is 5.75 Å². The third-order valence-corrected chi connectivity index (χ3v) is 4.62. The first-order valence-corrected chi connectivity index (χ1v) is 8.13. The summed E-state index contributed by atoms with van der Waals surface area (Å²) in [6.45, 7) is 4.96. The fraction of sp³-hybridized carbons (Fsp3) is 0.444. The minimum absolute atomic E-state index is 0.0186. The normalized spacial score (nSPS) is 22.3. The van der Waals surface area contributed by atoms with Gasteiger partial charge in [-0.05, 0) is 36.3 Å². The number of nitrogens with one attached hydrogen (secondary N) is 2. The fourth-order valence-electron chi connectivity index (χ4n) is 3.36. The van der Waals surface area contributed by atoms with Gasteiger partial charge in [-0.1, -0.05) is 32.0 Å². The minimum Gasteiger partial charge on any atom is -0.482 e. The third kappa shape index (κ3) is 2.60. The van der Waals surface area contributed by atoms with Gasteiger partial charge in [-0.3, -0.25) is 4.79 Å². The number of ether oxygens (including phenoxy) is 1. The highest BCUT2D eigenvalue weighted by atomic mass is 16.5. The second kappa shape index (κ2) is 5.11. The SMILES string of the molecule is CC1(C)CNC(=O)c2nc([C@H]3CCc4ccccc4O3)[nH]c2C1. The van der Waals surface area contributed by atoms with Crippen molar-refractivity contribution in [3.63, 3.8) is 0 Å². The van der Waals surface area contributed by atoms with Gasteiger partial charge in [0, 0.05) is 12.2 Å². The number of aromatic nitrogens is 2. The summed E-state index contributed by atoms with van der Waals surface area (Å²) >= 11 is 0. The van der Waals surface area contributed by atoms with Crippen LogP contribution in [0.3, 0.4) is 0 Å². The molecule has 0 bridgehead atoms. The van der Waals surface area contributed by atoms with Gasteiger partial charge in [0.15, 0.2) is 6.10 Å². The van der Waals surface area contributed by atoms with E-state index in [1.165, 1.54) is 5.56 Å². The molecule has 3 heterocycles. The van der Waals surface area contributed by atoms with Crippen molar-refractivity contribution in [2.75, 3.05) is 6.54 Å². The average Bonchev–Trinajstić information content (AvgIpc) is 2.91. The van der Waals surface area contributed by atoms with Crippen molar-refractivity contribution in [3.05, 3.63) is 47.0 Å². The molecule has 1 aromatic carbocycles. The van der Waals surface area contributed by atoms with E-state index in [2.05, 4.69) is 35.2 Å². The van der Waals surface area contributed by atoms with Gasteiger partial charge in [-0.25, -0.2) is 4.98 Å². The lowest BCUT2D eigenvalue weighted by Gasteiger charge is -2.25. The van der Waals surface area contributed by atoms with Crippen molar-refractivity contribution < 1.29 is 9.53 Å². The number of carbonyl (C=O) groups excluding carboxylic acids is 1. The topological polar surface area (TPSA) is 67.0 Å².